The minimum Gasteiger partial charge on any atom is -0.320 e. The van der Waals surface area contributed by atoms with Gasteiger partial charge in [-0.2, -0.15) is 0 Å². The minimum absolute atomic E-state index is 0.956. The highest BCUT2D eigenvalue weighted by Gasteiger charge is 2.27. The Bertz CT molecular complexity index is 364. The standard InChI is InChI=1S/C15H26N3/c1-16-12-14-4-6-15(7-5-14)13-18(3)10-8-17(2)9-11-18/h4-7,16H,8-13H2,1-3H3/q+1. The van der Waals surface area contributed by atoms with E-state index < -0.39 is 0 Å². The van der Waals surface area contributed by atoms with E-state index >= 15 is 0 Å². The van der Waals surface area contributed by atoms with Gasteiger partial charge in [0.15, 0.2) is 0 Å². The van der Waals surface area contributed by atoms with Crippen molar-refractivity contribution in [1.82, 2.24) is 10.2 Å². The molecular weight excluding hydrogens is 222 g/mol. The van der Waals surface area contributed by atoms with Crippen molar-refractivity contribution in [1.29, 1.82) is 0 Å². The van der Waals surface area contributed by atoms with Crippen LogP contribution in [0.3, 0.4) is 0 Å². The number of nitrogens with zero attached hydrogens (tertiary/aromatic N) is 2. The van der Waals surface area contributed by atoms with Gasteiger partial charge in [0.2, 0.25) is 0 Å². The molecule has 0 atom stereocenters. The van der Waals surface area contributed by atoms with Crippen LogP contribution in [0.5, 0.6) is 0 Å². The molecule has 1 saturated heterocycles. The van der Waals surface area contributed by atoms with Crippen molar-refractivity contribution in [2.24, 2.45) is 0 Å². The van der Waals surface area contributed by atoms with Crippen molar-refractivity contribution in [3.63, 3.8) is 0 Å². The lowest BCUT2D eigenvalue weighted by Crippen LogP contribution is -2.55. The number of hydrogen-bond acceptors (Lipinski definition) is 2. The maximum atomic E-state index is 3.19. The van der Waals surface area contributed by atoms with Crippen LogP contribution in [0.2, 0.25) is 0 Å². The van der Waals surface area contributed by atoms with Gasteiger partial charge in [0.1, 0.15) is 6.54 Å². The van der Waals surface area contributed by atoms with Gasteiger partial charge in [-0.15, -0.1) is 0 Å². The van der Waals surface area contributed by atoms with Crippen LogP contribution in [0.15, 0.2) is 24.3 Å². The van der Waals surface area contributed by atoms with E-state index in [0.717, 1.165) is 13.1 Å². The molecule has 0 saturated carbocycles. The fraction of sp³-hybridized carbons (Fsp3) is 0.600. The predicted octanol–water partition coefficient (Wildman–Crippen LogP) is 1.30. The Hall–Kier alpha value is -0.900. The maximum absolute atomic E-state index is 3.19. The number of rotatable bonds is 4. The van der Waals surface area contributed by atoms with Gasteiger partial charge in [0.25, 0.3) is 0 Å². The van der Waals surface area contributed by atoms with Crippen LogP contribution in [0.4, 0.5) is 0 Å². The minimum atomic E-state index is 0.956. The van der Waals surface area contributed by atoms with Crippen molar-refractivity contribution < 1.29 is 4.48 Å². The second-order valence-corrected chi connectivity index (χ2v) is 5.87. The third kappa shape index (κ3) is 3.55. The molecule has 1 aliphatic rings. The molecule has 0 radical (unpaired) electrons. The largest absolute Gasteiger partial charge is 0.320 e. The van der Waals surface area contributed by atoms with E-state index in [-0.39, 0.29) is 0 Å². The second kappa shape index (κ2) is 5.83. The molecule has 2 rings (SSSR count). The lowest BCUT2D eigenvalue weighted by molar-refractivity contribution is -0.926. The number of benzene rings is 1. The summed E-state index contributed by atoms with van der Waals surface area (Å²) in [5.74, 6) is 0. The van der Waals surface area contributed by atoms with Gasteiger partial charge < -0.3 is 9.80 Å². The Balaban J connectivity index is 1.96. The van der Waals surface area contributed by atoms with Gasteiger partial charge in [-0.05, 0) is 19.7 Å². The van der Waals surface area contributed by atoms with Crippen molar-refractivity contribution in [2.75, 3.05) is 47.3 Å². The summed E-state index contributed by atoms with van der Waals surface area (Å²) in [7, 11) is 6.59. The molecule has 18 heavy (non-hydrogen) atoms. The van der Waals surface area contributed by atoms with Crippen LogP contribution < -0.4 is 5.32 Å². The average molecular weight is 248 g/mol. The van der Waals surface area contributed by atoms with Gasteiger partial charge >= 0.3 is 0 Å². The third-order valence-electron chi connectivity index (χ3n) is 4.01. The first-order chi connectivity index (χ1) is 8.61. The zero-order valence-electron chi connectivity index (χ0n) is 11.9. The Labute approximate surface area is 111 Å². The van der Waals surface area contributed by atoms with Crippen LogP contribution in [0.1, 0.15) is 11.1 Å². The molecule has 0 unspecified atom stereocenters. The van der Waals surface area contributed by atoms with Gasteiger partial charge in [0.05, 0.1) is 20.1 Å². The fourth-order valence-electron chi connectivity index (χ4n) is 2.61. The lowest BCUT2D eigenvalue weighted by Gasteiger charge is -2.41. The molecule has 1 aliphatic heterocycles. The van der Waals surface area contributed by atoms with Crippen molar-refractivity contribution in [3.8, 4) is 0 Å². The first kappa shape index (κ1) is 13.5. The van der Waals surface area contributed by atoms with Crippen molar-refractivity contribution in [2.45, 2.75) is 13.1 Å². The number of piperazine rings is 1. The Morgan fingerprint density at radius 1 is 1.11 bits per heavy atom. The van der Waals surface area contributed by atoms with E-state index in [4.69, 9.17) is 0 Å². The molecule has 1 aromatic carbocycles. The molecule has 0 aliphatic carbocycles. The summed E-state index contributed by atoms with van der Waals surface area (Å²) in [6.07, 6.45) is 0. The summed E-state index contributed by atoms with van der Waals surface area (Å²) < 4.78 is 1.18. The Morgan fingerprint density at radius 2 is 1.67 bits per heavy atom. The molecule has 3 nitrogen and oxygen atoms in total. The van der Waals surface area contributed by atoms with E-state index in [0.29, 0.717) is 0 Å². The molecule has 0 bridgehead atoms. The van der Waals surface area contributed by atoms with Crippen LogP contribution >= 0.6 is 0 Å². The quantitative estimate of drug-likeness (QED) is 0.808. The highest BCUT2D eigenvalue weighted by molar-refractivity contribution is 5.21. The Morgan fingerprint density at radius 3 is 2.22 bits per heavy atom. The SMILES string of the molecule is CNCc1ccc(C[N+]2(C)CCN(C)CC2)cc1. The normalized spacial score (nSPS) is 19.9. The van der Waals surface area contributed by atoms with Gasteiger partial charge in [-0.1, -0.05) is 24.3 Å². The molecule has 3 heteroatoms. The lowest BCUT2D eigenvalue weighted by atomic mass is 10.1. The van der Waals surface area contributed by atoms with Crippen molar-refractivity contribution >= 4 is 0 Å². The molecule has 0 spiro atoms. The van der Waals surface area contributed by atoms with E-state index in [1.807, 2.05) is 7.05 Å². The van der Waals surface area contributed by atoms with E-state index in [2.05, 4.69) is 48.6 Å². The molecule has 1 aromatic rings. The molecule has 1 N–H and O–H groups in total. The molecule has 1 heterocycles. The first-order valence-electron chi connectivity index (χ1n) is 6.86. The number of likely N-dealkylation sites (N-methyl/N-ethyl adjacent to an activating group) is 2. The van der Waals surface area contributed by atoms with Crippen LogP contribution in [-0.2, 0) is 13.1 Å². The summed E-state index contributed by atoms with van der Waals surface area (Å²) in [6.45, 7) is 7.07. The fourth-order valence-corrected chi connectivity index (χ4v) is 2.61. The topological polar surface area (TPSA) is 15.3 Å². The van der Waals surface area contributed by atoms with Crippen molar-refractivity contribution in [3.05, 3.63) is 35.4 Å². The van der Waals surface area contributed by atoms with E-state index in [1.165, 1.54) is 41.8 Å². The third-order valence-corrected chi connectivity index (χ3v) is 4.01. The van der Waals surface area contributed by atoms with Crippen LogP contribution in [0.25, 0.3) is 0 Å². The van der Waals surface area contributed by atoms with Gasteiger partial charge in [-0.3, -0.25) is 4.90 Å². The average Bonchev–Trinajstić information content (AvgIpc) is 2.36. The highest BCUT2D eigenvalue weighted by Crippen LogP contribution is 2.15. The molecule has 0 amide bonds. The van der Waals surface area contributed by atoms with Crippen LogP contribution in [-0.4, -0.2) is 56.7 Å². The predicted molar refractivity (Wildman–Crippen MR) is 76.3 cm³/mol. The monoisotopic (exact) mass is 248 g/mol. The highest BCUT2D eigenvalue weighted by atomic mass is 15.4. The molecule has 0 aromatic heterocycles. The zero-order chi connectivity index (χ0) is 13.0. The summed E-state index contributed by atoms with van der Waals surface area (Å²) in [6, 6.07) is 9.06. The summed E-state index contributed by atoms with van der Waals surface area (Å²) in [5, 5.41) is 3.19. The summed E-state index contributed by atoms with van der Waals surface area (Å²) in [5.41, 5.74) is 2.82. The molecule has 1 fully saturated rings. The van der Waals surface area contributed by atoms with Gasteiger partial charge in [-0.25, -0.2) is 0 Å². The van der Waals surface area contributed by atoms with E-state index in [1.54, 1.807) is 0 Å². The number of quaternary nitrogens is 1. The summed E-state index contributed by atoms with van der Waals surface area (Å²) >= 11 is 0. The first-order valence-corrected chi connectivity index (χ1v) is 6.86. The maximum Gasteiger partial charge on any atom is 0.104 e. The number of nitrogens with one attached hydrogen (secondary N) is 1. The molecule has 100 valence electrons. The smallest absolute Gasteiger partial charge is 0.104 e. The Kier molecular flexibility index (Phi) is 4.38. The summed E-state index contributed by atoms with van der Waals surface area (Å²) in [4.78, 5) is 2.43. The molecular formula is C15H26N3+. The van der Waals surface area contributed by atoms with Crippen LogP contribution in [0, 0.1) is 0 Å². The van der Waals surface area contributed by atoms with E-state index in [9.17, 15) is 0 Å². The zero-order valence-corrected chi connectivity index (χ0v) is 11.9. The number of hydrogen-bond donors (Lipinski definition) is 1. The second-order valence-electron chi connectivity index (χ2n) is 5.87. The van der Waals surface area contributed by atoms with Gasteiger partial charge in [0, 0.05) is 25.2 Å².